The molecule has 0 spiro atoms. The second kappa shape index (κ2) is 13.1. The molecule has 0 aliphatic heterocycles. The van der Waals surface area contributed by atoms with Crippen molar-refractivity contribution in [1.82, 2.24) is 15.3 Å². The van der Waals surface area contributed by atoms with Crippen LogP contribution in [0.2, 0.25) is 10.0 Å². The van der Waals surface area contributed by atoms with Gasteiger partial charge in [-0.3, -0.25) is 4.79 Å². The molecule has 0 saturated carbocycles. The quantitative estimate of drug-likeness (QED) is 0.286. The van der Waals surface area contributed by atoms with E-state index in [1.165, 1.54) is 0 Å². The van der Waals surface area contributed by atoms with E-state index in [2.05, 4.69) is 36.0 Å². The second-order valence-corrected chi connectivity index (χ2v) is 9.52. The first kappa shape index (κ1) is 26.5. The van der Waals surface area contributed by atoms with Crippen LogP contribution in [0.3, 0.4) is 0 Å². The van der Waals surface area contributed by atoms with Crippen LogP contribution in [0.25, 0.3) is 0 Å². The van der Waals surface area contributed by atoms with Crippen LogP contribution < -0.4 is 15.5 Å². The molecule has 3 rings (SSSR count). The van der Waals surface area contributed by atoms with Gasteiger partial charge in [0.25, 0.3) is 0 Å². The van der Waals surface area contributed by atoms with Gasteiger partial charge in [-0.2, -0.15) is 4.98 Å². The molecule has 1 unspecified atom stereocenters. The lowest BCUT2D eigenvalue weighted by molar-refractivity contribution is -0.122. The van der Waals surface area contributed by atoms with Crippen LogP contribution in [0.15, 0.2) is 73.4 Å². The number of carbonyl (C=O) groups is 1. The van der Waals surface area contributed by atoms with E-state index >= 15 is 0 Å². The largest absolute Gasteiger partial charge is 0.350 e. The molecule has 0 aliphatic rings. The molecule has 0 saturated heterocycles. The molecule has 0 bridgehead atoms. The molecule has 0 fully saturated rings. The van der Waals surface area contributed by atoms with Crippen molar-refractivity contribution in [3.05, 3.63) is 94.6 Å². The third-order valence-electron chi connectivity index (χ3n) is 5.38. The molecule has 184 valence electrons. The van der Waals surface area contributed by atoms with Gasteiger partial charge in [-0.05, 0) is 53.8 Å². The Bertz CT molecular complexity index is 1100. The number of halogens is 2. The minimum absolute atomic E-state index is 0.0650. The predicted molar refractivity (Wildman–Crippen MR) is 145 cm³/mol. The van der Waals surface area contributed by atoms with Gasteiger partial charge < -0.3 is 15.5 Å². The van der Waals surface area contributed by atoms with Crippen LogP contribution in [-0.2, 0) is 17.9 Å². The smallest absolute Gasteiger partial charge is 0.243 e. The first-order valence-electron chi connectivity index (χ1n) is 11.6. The van der Waals surface area contributed by atoms with Crippen LogP contribution in [0.4, 0.5) is 11.8 Å². The van der Waals surface area contributed by atoms with Gasteiger partial charge in [0, 0.05) is 35.9 Å². The number of rotatable bonds is 12. The summed E-state index contributed by atoms with van der Waals surface area (Å²) in [6.45, 7) is 9.55. The normalized spacial score (nSPS) is 11.7. The number of anilines is 2. The van der Waals surface area contributed by atoms with Gasteiger partial charge in [0.05, 0.1) is 0 Å². The van der Waals surface area contributed by atoms with Gasteiger partial charge in [-0.25, -0.2) is 4.98 Å². The average molecular weight is 512 g/mol. The fraction of sp³-hybridized carbons (Fsp3) is 0.296. The Kier molecular flexibility index (Phi) is 9.94. The second-order valence-electron chi connectivity index (χ2n) is 8.65. The van der Waals surface area contributed by atoms with Crippen LogP contribution in [0.5, 0.6) is 0 Å². The Balaban J connectivity index is 1.76. The highest BCUT2D eigenvalue weighted by Crippen LogP contribution is 2.21. The minimum atomic E-state index is -0.417. The molecule has 3 aromatic rings. The zero-order valence-corrected chi connectivity index (χ0v) is 21.6. The maximum absolute atomic E-state index is 13.3. The molecule has 1 atom stereocenters. The zero-order valence-electron chi connectivity index (χ0n) is 20.0. The van der Waals surface area contributed by atoms with Crippen molar-refractivity contribution in [2.24, 2.45) is 5.92 Å². The van der Waals surface area contributed by atoms with Crippen LogP contribution in [-0.4, -0.2) is 28.5 Å². The average Bonchev–Trinajstić information content (AvgIpc) is 2.85. The predicted octanol–water partition coefficient (Wildman–Crippen LogP) is 6.12. The fourth-order valence-electron chi connectivity index (χ4n) is 3.63. The highest BCUT2D eigenvalue weighted by Gasteiger charge is 2.27. The number of aromatic nitrogens is 2. The molecular formula is C27H31Cl2N5O. The number of hydrogen-bond acceptors (Lipinski definition) is 5. The van der Waals surface area contributed by atoms with Crippen molar-refractivity contribution in [2.75, 3.05) is 16.8 Å². The summed E-state index contributed by atoms with van der Waals surface area (Å²) in [4.78, 5) is 24.4. The Morgan fingerprint density at radius 2 is 1.60 bits per heavy atom. The molecule has 0 aliphatic carbocycles. The number of hydrogen-bond donors (Lipinski definition) is 2. The molecule has 8 heteroatoms. The SMILES string of the molecule is C=CCN(c1ccnc(NCc2ccc(Cl)cc2)n1)C(CC(C)C)C(=O)NCc1ccc(Cl)cc1. The Hall–Kier alpha value is -3.09. The summed E-state index contributed by atoms with van der Waals surface area (Å²) < 4.78 is 0. The summed E-state index contributed by atoms with van der Waals surface area (Å²) in [5, 5.41) is 7.68. The molecule has 2 aromatic carbocycles. The summed E-state index contributed by atoms with van der Waals surface area (Å²) in [6.07, 6.45) is 4.14. The van der Waals surface area contributed by atoms with Gasteiger partial charge in [0.1, 0.15) is 11.9 Å². The first-order chi connectivity index (χ1) is 16.9. The van der Waals surface area contributed by atoms with E-state index in [0.29, 0.717) is 53.8 Å². The molecule has 2 N–H and O–H groups in total. The Morgan fingerprint density at radius 1 is 1.00 bits per heavy atom. The van der Waals surface area contributed by atoms with E-state index in [9.17, 15) is 4.79 Å². The number of benzene rings is 2. The van der Waals surface area contributed by atoms with Crippen LogP contribution >= 0.6 is 23.2 Å². The third kappa shape index (κ3) is 8.26. The van der Waals surface area contributed by atoms with E-state index in [4.69, 9.17) is 28.2 Å². The Labute approximate surface area is 217 Å². The van der Waals surface area contributed by atoms with Crippen molar-refractivity contribution >= 4 is 40.9 Å². The maximum atomic E-state index is 13.3. The van der Waals surface area contributed by atoms with E-state index < -0.39 is 6.04 Å². The lowest BCUT2D eigenvalue weighted by atomic mass is 10.0. The first-order valence-corrected chi connectivity index (χ1v) is 12.3. The molecular weight excluding hydrogens is 481 g/mol. The fourth-order valence-corrected chi connectivity index (χ4v) is 3.88. The summed E-state index contributed by atoms with van der Waals surface area (Å²) in [5.41, 5.74) is 2.04. The van der Waals surface area contributed by atoms with Gasteiger partial charge in [-0.1, -0.05) is 67.4 Å². The molecule has 1 aromatic heterocycles. The van der Waals surface area contributed by atoms with E-state index in [-0.39, 0.29) is 5.91 Å². The third-order valence-corrected chi connectivity index (χ3v) is 5.88. The van der Waals surface area contributed by atoms with Crippen molar-refractivity contribution in [3.63, 3.8) is 0 Å². The summed E-state index contributed by atoms with van der Waals surface area (Å²) >= 11 is 11.9. The van der Waals surface area contributed by atoms with Gasteiger partial charge >= 0.3 is 0 Å². The summed E-state index contributed by atoms with van der Waals surface area (Å²) in [5.74, 6) is 1.38. The van der Waals surface area contributed by atoms with Crippen molar-refractivity contribution in [2.45, 2.75) is 39.4 Å². The topological polar surface area (TPSA) is 70.2 Å². The zero-order chi connectivity index (χ0) is 25.2. The van der Waals surface area contributed by atoms with Crippen LogP contribution in [0.1, 0.15) is 31.4 Å². The summed E-state index contributed by atoms with van der Waals surface area (Å²) in [6, 6.07) is 16.4. The minimum Gasteiger partial charge on any atom is -0.350 e. The lowest BCUT2D eigenvalue weighted by Gasteiger charge is -2.32. The van der Waals surface area contributed by atoms with E-state index in [1.807, 2.05) is 59.5 Å². The Morgan fingerprint density at radius 3 is 2.17 bits per heavy atom. The highest BCUT2D eigenvalue weighted by molar-refractivity contribution is 6.30. The number of nitrogens with zero attached hydrogens (tertiary/aromatic N) is 3. The van der Waals surface area contributed by atoms with E-state index in [0.717, 1.165) is 11.1 Å². The highest BCUT2D eigenvalue weighted by atomic mass is 35.5. The number of nitrogens with one attached hydrogen (secondary N) is 2. The molecule has 1 amide bonds. The maximum Gasteiger partial charge on any atom is 0.243 e. The molecule has 6 nitrogen and oxygen atoms in total. The van der Waals surface area contributed by atoms with Crippen molar-refractivity contribution in [1.29, 1.82) is 0 Å². The van der Waals surface area contributed by atoms with Crippen molar-refractivity contribution in [3.8, 4) is 0 Å². The van der Waals surface area contributed by atoms with Crippen LogP contribution in [0, 0.1) is 5.92 Å². The molecule has 1 heterocycles. The number of amides is 1. The molecule has 35 heavy (non-hydrogen) atoms. The van der Waals surface area contributed by atoms with Crippen molar-refractivity contribution < 1.29 is 4.79 Å². The summed E-state index contributed by atoms with van der Waals surface area (Å²) in [7, 11) is 0. The standard InChI is InChI=1S/C27H31Cl2N5O/c1-4-15-34(24(16-19(2)3)26(35)31-17-20-5-9-22(28)10-6-20)25-13-14-30-27(33-25)32-18-21-7-11-23(29)12-8-21/h4-14,19,24H,1,15-18H2,2-3H3,(H,31,35)(H,30,32,33). The number of carbonyl (C=O) groups excluding carboxylic acids is 1. The van der Waals surface area contributed by atoms with Gasteiger partial charge in [-0.15, -0.1) is 6.58 Å². The van der Waals surface area contributed by atoms with Gasteiger partial charge in [0.2, 0.25) is 11.9 Å². The van der Waals surface area contributed by atoms with Gasteiger partial charge in [0.15, 0.2) is 0 Å². The molecule has 0 radical (unpaired) electrons. The van der Waals surface area contributed by atoms with E-state index in [1.54, 1.807) is 12.3 Å². The monoisotopic (exact) mass is 511 g/mol. The lowest BCUT2D eigenvalue weighted by Crippen LogP contribution is -2.48.